The Morgan fingerprint density at radius 3 is 3.07 bits per heavy atom. The molecule has 0 atom stereocenters. The molecule has 2 aromatic rings. The molecule has 0 spiro atoms. The molecule has 0 saturated carbocycles. The molecule has 0 unspecified atom stereocenters. The zero-order valence-electron chi connectivity index (χ0n) is 7.51. The van der Waals surface area contributed by atoms with Crippen LogP contribution in [0.3, 0.4) is 0 Å². The number of carbonyl (C=O) groups is 1. The van der Waals surface area contributed by atoms with E-state index in [2.05, 4.69) is 5.10 Å². The van der Waals surface area contributed by atoms with Gasteiger partial charge in [0.1, 0.15) is 5.69 Å². The molecule has 0 N–H and O–H groups in total. The molecule has 2 rings (SSSR count). The second kappa shape index (κ2) is 3.63. The Kier molecular flexibility index (Phi) is 2.32. The van der Waals surface area contributed by atoms with Crippen molar-refractivity contribution in [3.8, 4) is 10.6 Å². The Morgan fingerprint density at radius 1 is 1.57 bits per heavy atom. The minimum absolute atomic E-state index is 0.383. The molecule has 72 valence electrons. The number of aromatic nitrogens is 2. The van der Waals surface area contributed by atoms with Crippen molar-refractivity contribution in [3.05, 3.63) is 29.8 Å². The van der Waals surface area contributed by atoms with E-state index in [4.69, 9.17) is 4.84 Å². The Balaban J connectivity index is 2.22. The molecule has 0 aliphatic heterocycles. The van der Waals surface area contributed by atoms with Crippen molar-refractivity contribution in [3.63, 3.8) is 0 Å². The summed E-state index contributed by atoms with van der Waals surface area (Å²) in [7, 11) is 0. The molecule has 0 aliphatic rings. The predicted octanol–water partition coefficient (Wildman–Crippen LogP) is 1.59. The molecule has 0 aliphatic carbocycles. The summed E-state index contributed by atoms with van der Waals surface area (Å²) in [6.07, 6.45) is 1.61. The average Bonchev–Trinajstić information content (AvgIpc) is 2.69. The van der Waals surface area contributed by atoms with Gasteiger partial charge in [-0.25, -0.2) is 4.79 Å². The van der Waals surface area contributed by atoms with Gasteiger partial charge in [0, 0.05) is 6.92 Å². The molecule has 0 amide bonds. The van der Waals surface area contributed by atoms with Gasteiger partial charge >= 0.3 is 5.97 Å². The van der Waals surface area contributed by atoms with Crippen molar-refractivity contribution in [2.75, 3.05) is 0 Å². The number of hydrogen-bond donors (Lipinski definition) is 0. The number of rotatable bonds is 2. The molecular weight excluding hydrogens is 200 g/mol. The second-order valence-electron chi connectivity index (χ2n) is 2.66. The van der Waals surface area contributed by atoms with Crippen molar-refractivity contribution >= 4 is 17.3 Å². The first kappa shape index (κ1) is 8.96. The fourth-order valence-corrected chi connectivity index (χ4v) is 1.74. The van der Waals surface area contributed by atoms with Crippen LogP contribution in [0, 0.1) is 0 Å². The lowest BCUT2D eigenvalue weighted by molar-refractivity contribution is -0.143. The van der Waals surface area contributed by atoms with Crippen LogP contribution in [0.1, 0.15) is 6.92 Å². The van der Waals surface area contributed by atoms with Crippen LogP contribution in [0.2, 0.25) is 0 Å². The Labute approximate surface area is 84.7 Å². The minimum Gasteiger partial charge on any atom is -0.320 e. The van der Waals surface area contributed by atoms with Gasteiger partial charge in [-0.15, -0.1) is 16.4 Å². The molecule has 0 bridgehead atoms. The van der Waals surface area contributed by atoms with Crippen molar-refractivity contribution in [1.29, 1.82) is 0 Å². The summed E-state index contributed by atoms with van der Waals surface area (Å²) in [5, 5.41) is 6.05. The van der Waals surface area contributed by atoms with Crippen molar-refractivity contribution in [2.24, 2.45) is 0 Å². The maximum atomic E-state index is 10.6. The van der Waals surface area contributed by atoms with Crippen LogP contribution in [-0.2, 0) is 4.79 Å². The highest BCUT2D eigenvalue weighted by atomic mass is 32.1. The zero-order chi connectivity index (χ0) is 9.97. The molecule has 14 heavy (non-hydrogen) atoms. The number of hydrogen-bond acceptors (Lipinski definition) is 4. The molecule has 2 heterocycles. The molecule has 4 nitrogen and oxygen atoms in total. The van der Waals surface area contributed by atoms with Crippen LogP contribution in [0.15, 0.2) is 29.8 Å². The van der Waals surface area contributed by atoms with E-state index < -0.39 is 0 Å². The van der Waals surface area contributed by atoms with Crippen molar-refractivity contribution < 1.29 is 9.63 Å². The topological polar surface area (TPSA) is 44.1 Å². The van der Waals surface area contributed by atoms with Gasteiger partial charge in [-0.05, 0) is 17.5 Å². The maximum Gasteiger partial charge on any atom is 0.331 e. The van der Waals surface area contributed by atoms with E-state index in [1.807, 2.05) is 17.5 Å². The fourth-order valence-electron chi connectivity index (χ4n) is 1.05. The van der Waals surface area contributed by atoms with Crippen LogP contribution < -0.4 is 4.84 Å². The van der Waals surface area contributed by atoms with E-state index in [0.29, 0.717) is 0 Å². The molecule has 0 aromatic carbocycles. The summed E-state index contributed by atoms with van der Waals surface area (Å²) in [6, 6.07) is 5.71. The third-order valence-corrected chi connectivity index (χ3v) is 2.45. The van der Waals surface area contributed by atoms with Crippen LogP contribution >= 0.6 is 11.3 Å². The van der Waals surface area contributed by atoms with Crippen LogP contribution in [0.5, 0.6) is 0 Å². The number of nitrogens with zero attached hydrogens (tertiary/aromatic N) is 2. The van der Waals surface area contributed by atoms with Gasteiger partial charge in [0.05, 0.1) is 11.1 Å². The molecule has 0 radical (unpaired) electrons. The van der Waals surface area contributed by atoms with Gasteiger partial charge in [-0.1, -0.05) is 10.9 Å². The van der Waals surface area contributed by atoms with Crippen LogP contribution in [-0.4, -0.2) is 15.9 Å². The first-order valence-corrected chi connectivity index (χ1v) is 4.92. The summed E-state index contributed by atoms with van der Waals surface area (Å²) in [4.78, 5) is 17.6. The van der Waals surface area contributed by atoms with E-state index in [-0.39, 0.29) is 5.97 Å². The SMILES string of the molecule is CC(=O)On1ccc(-c2cccs2)n1. The van der Waals surface area contributed by atoms with Crippen LogP contribution in [0.25, 0.3) is 10.6 Å². The normalized spacial score (nSPS) is 10.1. The molecule has 2 aromatic heterocycles. The van der Waals surface area contributed by atoms with E-state index >= 15 is 0 Å². The lowest BCUT2D eigenvalue weighted by atomic mass is 10.4. The quantitative estimate of drug-likeness (QED) is 0.752. The van der Waals surface area contributed by atoms with Gasteiger partial charge in [-0.3, -0.25) is 0 Å². The number of carbonyl (C=O) groups excluding carboxylic acids is 1. The third kappa shape index (κ3) is 1.82. The first-order valence-electron chi connectivity index (χ1n) is 4.04. The molecular formula is C9H8N2O2S. The minimum atomic E-state index is -0.383. The Hall–Kier alpha value is -1.62. The Morgan fingerprint density at radius 2 is 2.43 bits per heavy atom. The lowest BCUT2D eigenvalue weighted by Crippen LogP contribution is -2.16. The maximum absolute atomic E-state index is 10.6. The standard InChI is InChI=1S/C9H8N2O2S/c1-7(12)13-11-5-4-8(10-11)9-3-2-6-14-9/h2-6H,1H3. The third-order valence-electron chi connectivity index (χ3n) is 1.56. The predicted molar refractivity (Wildman–Crippen MR) is 52.8 cm³/mol. The first-order chi connectivity index (χ1) is 6.75. The summed E-state index contributed by atoms with van der Waals surface area (Å²) < 4.78 is 0. The number of thiophene rings is 1. The van der Waals surface area contributed by atoms with Gasteiger partial charge in [0.2, 0.25) is 0 Å². The van der Waals surface area contributed by atoms with E-state index in [0.717, 1.165) is 15.4 Å². The zero-order valence-corrected chi connectivity index (χ0v) is 8.32. The molecule has 0 fully saturated rings. The molecule has 0 saturated heterocycles. The fraction of sp³-hybridized carbons (Fsp3) is 0.111. The van der Waals surface area contributed by atoms with E-state index in [1.54, 1.807) is 23.6 Å². The van der Waals surface area contributed by atoms with Crippen LogP contribution in [0.4, 0.5) is 0 Å². The summed E-state index contributed by atoms with van der Waals surface area (Å²) in [6.45, 7) is 1.34. The lowest BCUT2D eigenvalue weighted by Gasteiger charge is -1.96. The van der Waals surface area contributed by atoms with E-state index in [1.165, 1.54) is 6.92 Å². The highest BCUT2D eigenvalue weighted by molar-refractivity contribution is 7.13. The summed E-state index contributed by atoms with van der Waals surface area (Å²) in [5.74, 6) is -0.383. The van der Waals surface area contributed by atoms with Crippen molar-refractivity contribution in [1.82, 2.24) is 9.94 Å². The second-order valence-corrected chi connectivity index (χ2v) is 3.61. The van der Waals surface area contributed by atoms with Gasteiger partial charge < -0.3 is 4.84 Å². The summed E-state index contributed by atoms with van der Waals surface area (Å²) >= 11 is 1.59. The highest BCUT2D eigenvalue weighted by Gasteiger charge is 2.04. The van der Waals surface area contributed by atoms with Gasteiger partial charge in [-0.2, -0.15) is 0 Å². The van der Waals surface area contributed by atoms with Crippen molar-refractivity contribution in [2.45, 2.75) is 6.92 Å². The van der Waals surface area contributed by atoms with E-state index in [9.17, 15) is 4.79 Å². The monoisotopic (exact) mass is 208 g/mol. The Bertz CT molecular complexity index is 433. The average molecular weight is 208 g/mol. The largest absolute Gasteiger partial charge is 0.331 e. The van der Waals surface area contributed by atoms with Gasteiger partial charge in [0.15, 0.2) is 0 Å². The highest BCUT2D eigenvalue weighted by Crippen LogP contribution is 2.21. The molecule has 5 heteroatoms. The summed E-state index contributed by atoms with van der Waals surface area (Å²) in [5.41, 5.74) is 0.807. The smallest absolute Gasteiger partial charge is 0.320 e. The van der Waals surface area contributed by atoms with Gasteiger partial charge in [0.25, 0.3) is 0 Å².